The third-order valence-corrected chi connectivity index (χ3v) is 4.34. The molecule has 3 amide bonds. The van der Waals surface area contributed by atoms with Crippen LogP contribution in [-0.2, 0) is 11.4 Å². The van der Waals surface area contributed by atoms with E-state index in [1.165, 1.54) is 6.08 Å². The van der Waals surface area contributed by atoms with E-state index in [2.05, 4.69) is 31.9 Å². The molecule has 2 aromatic carbocycles. The molecular formula is C18H13Br2N3O3. The Morgan fingerprint density at radius 1 is 1.19 bits per heavy atom. The molecule has 26 heavy (non-hydrogen) atoms. The van der Waals surface area contributed by atoms with Crippen LogP contribution in [0.4, 0.5) is 4.79 Å². The highest BCUT2D eigenvalue weighted by Crippen LogP contribution is 2.36. The fourth-order valence-corrected chi connectivity index (χ4v) is 3.48. The summed E-state index contributed by atoms with van der Waals surface area (Å²) in [5.41, 5.74) is 6.22. The lowest BCUT2D eigenvalue weighted by Gasteiger charge is -2.11. The molecule has 2 rings (SSSR count). The van der Waals surface area contributed by atoms with Gasteiger partial charge in [-0.2, -0.15) is 5.26 Å². The van der Waals surface area contributed by atoms with Crippen LogP contribution in [0.3, 0.4) is 0 Å². The van der Waals surface area contributed by atoms with Crippen molar-refractivity contribution in [2.24, 2.45) is 5.73 Å². The summed E-state index contributed by atoms with van der Waals surface area (Å²) >= 11 is 6.84. The number of primary amides is 1. The Kier molecular flexibility index (Phi) is 6.95. The van der Waals surface area contributed by atoms with Crippen LogP contribution in [0.5, 0.6) is 5.75 Å². The minimum Gasteiger partial charge on any atom is -0.487 e. The molecule has 0 radical (unpaired) electrons. The first kappa shape index (κ1) is 19.7. The maximum Gasteiger partial charge on any atom is 0.319 e. The van der Waals surface area contributed by atoms with Gasteiger partial charge in [-0.25, -0.2) is 4.79 Å². The number of nitrogens with two attached hydrogens (primary N) is 1. The summed E-state index contributed by atoms with van der Waals surface area (Å²) in [5.74, 6) is -0.275. The molecule has 0 heterocycles. The van der Waals surface area contributed by atoms with Crippen molar-refractivity contribution in [3.05, 3.63) is 68.1 Å². The van der Waals surface area contributed by atoms with Crippen molar-refractivity contribution in [1.82, 2.24) is 5.32 Å². The molecule has 8 heteroatoms. The van der Waals surface area contributed by atoms with Crippen molar-refractivity contribution in [2.45, 2.75) is 6.61 Å². The summed E-state index contributed by atoms with van der Waals surface area (Å²) in [6.45, 7) is 0.387. The van der Waals surface area contributed by atoms with E-state index in [4.69, 9.17) is 15.7 Å². The number of amides is 3. The molecule has 132 valence electrons. The number of halogens is 2. The third-order valence-electron chi connectivity index (χ3n) is 3.16. The van der Waals surface area contributed by atoms with Crippen molar-refractivity contribution in [3.8, 4) is 11.8 Å². The van der Waals surface area contributed by atoms with Crippen LogP contribution in [0, 0.1) is 11.3 Å². The van der Waals surface area contributed by atoms with Gasteiger partial charge >= 0.3 is 6.03 Å². The summed E-state index contributed by atoms with van der Waals surface area (Å²) in [5, 5.41) is 10.9. The Morgan fingerprint density at radius 2 is 1.81 bits per heavy atom. The van der Waals surface area contributed by atoms with Crippen LogP contribution in [0.25, 0.3) is 6.08 Å². The van der Waals surface area contributed by atoms with E-state index in [9.17, 15) is 9.59 Å². The van der Waals surface area contributed by atoms with Crippen LogP contribution in [0.1, 0.15) is 11.1 Å². The summed E-state index contributed by atoms with van der Waals surface area (Å²) in [7, 11) is 0. The maximum absolute atomic E-state index is 11.7. The Morgan fingerprint density at radius 3 is 2.35 bits per heavy atom. The number of carbonyl (C=O) groups is 2. The standard InChI is InChI=1S/C18H13Br2N3O3/c19-14-7-12(6-13(9-21)17(24)23-18(22)25)8-15(20)16(14)26-10-11-4-2-1-3-5-11/h1-8H,10H2,(H3,22,23,24,25)/b13-6-. The molecule has 0 bridgehead atoms. The van der Waals surface area contributed by atoms with E-state index in [0.29, 0.717) is 26.9 Å². The molecule has 6 nitrogen and oxygen atoms in total. The smallest absolute Gasteiger partial charge is 0.319 e. The Hall–Kier alpha value is -2.63. The molecule has 2 aromatic rings. The number of ether oxygens (including phenoxy) is 1. The highest BCUT2D eigenvalue weighted by atomic mass is 79.9. The second kappa shape index (κ2) is 9.17. The molecule has 0 aromatic heterocycles. The van der Waals surface area contributed by atoms with Crippen LogP contribution in [0.15, 0.2) is 57.0 Å². The first-order chi connectivity index (χ1) is 12.4. The van der Waals surface area contributed by atoms with Crippen molar-refractivity contribution >= 4 is 49.9 Å². The minimum absolute atomic E-state index is 0.249. The van der Waals surface area contributed by atoms with Gasteiger partial charge in [-0.15, -0.1) is 0 Å². The molecule has 0 saturated heterocycles. The Bertz CT molecular complexity index is 883. The lowest BCUT2D eigenvalue weighted by molar-refractivity contribution is -0.115. The lowest BCUT2D eigenvalue weighted by Crippen LogP contribution is -2.35. The molecule has 0 fully saturated rings. The maximum atomic E-state index is 11.7. The Balaban J connectivity index is 2.22. The van der Waals surface area contributed by atoms with E-state index < -0.39 is 11.9 Å². The SMILES string of the molecule is N#C/C(=C/c1cc(Br)c(OCc2ccccc2)c(Br)c1)C(=O)NC(N)=O. The van der Waals surface area contributed by atoms with Gasteiger partial charge in [0.05, 0.1) is 8.95 Å². The van der Waals surface area contributed by atoms with Crippen molar-refractivity contribution in [3.63, 3.8) is 0 Å². The largest absolute Gasteiger partial charge is 0.487 e. The highest BCUT2D eigenvalue weighted by molar-refractivity contribution is 9.11. The molecule has 0 spiro atoms. The van der Waals surface area contributed by atoms with Crippen LogP contribution in [-0.4, -0.2) is 11.9 Å². The van der Waals surface area contributed by atoms with Crippen LogP contribution in [0.2, 0.25) is 0 Å². The zero-order valence-corrected chi connectivity index (χ0v) is 16.5. The second-order valence-corrected chi connectivity index (χ2v) is 6.78. The van der Waals surface area contributed by atoms with Crippen LogP contribution >= 0.6 is 31.9 Å². The average molecular weight is 479 g/mol. The van der Waals surface area contributed by atoms with E-state index in [1.54, 1.807) is 18.2 Å². The molecule has 0 aliphatic heterocycles. The number of hydrogen-bond donors (Lipinski definition) is 2. The van der Waals surface area contributed by atoms with Gasteiger partial charge in [-0.3, -0.25) is 10.1 Å². The summed E-state index contributed by atoms with van der Waals surface area (Å²) in [6.07, 6.45) is 1.34. The number of nitrogens with zero attached hydrogens (tertiary/aromatic N) is 1. The number of nitriles is 1. The van der Waals surface area contributed by atoms with Gasteiger partial charge in [-0.05, 0) is 61.2 Å². The summed E-state index contributed by atoms with van der Waals surface area (Å²) in [6, 6.07) is 13.8. The monoisotopic (exact) mass is 477 g/mol. The first-order valence-corrected chi connectivity index (χ1v) is 8.87. The van der Waals surface area contributed by atoms with Gasteiger partial charge in [0.15, 0.2) is 0 Å². The molecule has 3 N–H and O–H groups in total. The van der Waals surface area contributed by atoms with Gasteiger partial charge in [0.2, 0.25) is 0 Å². The number of hydrogen-bond acceptors (Lipinski definition) is 4. The zero-order chi connectivity index (χ0) is 19.1. The topological polar surface area (TPSA) is 105 Å². The molecule has 0 unspecified atom stereocenters. The van der Waals surface area contributed by atoms with Gasteiger partial charge in [-0.1, -0.05) is 30.3 Å². The average Bonchev–Trinajstić information content (AvgIpc) is 2.59. The summed E-state index contributed by atoms with van der Waals surface area (Å²) < 4.78 is 7.10. The van der Waals surface area contributed by atoms with Crippen molar-refractivity contribution < 1.29 is 14.3 Å². The van der Waals surface area contributed by atoms with Gasteiger partial charge in [0.25, 0.3) is 5.91 Å². The summed E-state index contributed by atoms with van der Waals surface area (Å²) in [4.78, 5) is 22.5. The van der Waals surface area contributed by atoms with Gasteiger partial charge < -0.3 is 10.5 Å². The zero-order valence-electron chi connectivity index (χ0n) is 13.3. The number of rotatable bonds is 5. The fourth-order valence-electron chi connectivity index (χ4n) is 2.02. The molecule has 0 aliphatic carbocycles. The third kappa shape index (κ3) is 5.44. The first-order valence-electron chi connectivity index (χ1n) is 7.29. The van der Waals surface area contributed by atoms with Crippen molar-refractivity contribution in [2.75, 3.05) is 0 Å². The fraction of sp³-hybridized carbons (Fsp3) is 0.0556. The molecule has 0 atom stereocenters. The highest BCUT2D eigenvalue weighted by Gasteiger charge is 2.13. The number of urea groups is 1. The van der Waals surface area contributed by atoms with E-state index in [-0.39, 0.29) is 5.57 Å². The van der Waals surface area contributed by atoms with E-state index in [1.807, 2.05) is 35.6 Å². The number of carbonyl (C=O) groups excluding carboxylic acids is 2. The molecular weight excluding hydrogens is 466 g/mol. The quantitative estimate of drug-likeness (QED) is 0.502. The second-order valence-electron chi connectivity index (χ2n) is 5.08. The lowest BCUT2D eigenvalue weighted by atomic mass is 10.1. The number of imide groups is 1. The minimum atomic E-state index is -1.02. The van der Waals surface area contributed by atoms with Crippen LogP contribution < -0.4 is 15.8 Å². The predicted octanol–water partition coefficient (Wildman–Crippen LogP) is 3.89. The van der Waals surface area contributed by atoms with Gasteiger partial charge in [0.1, 0.15) is 24.0 Å². The number of nitrogens with one attached hydrogen (secondary N) is 1. The molecule has 0 aliphatic rings. The van der Waals surface area contributed by atoms with Crippen molar-refractivity contribution in [1.29, 1.82) is 5.26 Å². The molecule has 0 saturated carbocycles. The van der Waals surface area contributed by atoms with Gasteiger partial charge in [0, 0.05) is 0 Å². The normalized spacial score (nSPS) is 10.7. The Labute approximate surface area is 166 Å². The predicted molar refractivity (Wildman–Crippen MR) is 104 cm³/mol. The number of benzene rings is 2. The van der Waals surface area contributed by atoms with E-state index in [0.717, 1.165) is 5.56 Å². The van der Waals surface area contributed by atoms with E-state index >= 15 is 0 Å².